The molecule has 2 unspecified atom stereocenters. The zero-order valence-corrected chi connectivity index (χ0v) is 13.1. The molecule has 0 spiro atoms. The molecule has 0 aromatic heterocycles. The lowest BCUT2D eigenvalue weighted by molar-refractivity contribution is 0.396. The van der Waals surface area contributed by atoms with E-state index in [9.17, 15) is 8.42 Å². The molecule has 2 atom stereocenters. The van der Waals surface area contributed by atoms with E-state index in [4.69, 9.17) is 0 Å². The zero-order valence-electron chi connectivity index (χ0n) is 12.3. The Morgan fingerprint density at radius 2 is 1.90 bits per heavy atom. The van der Waals surface area contributed by atoms with E-state index in [1.54, 1.807) is 12.1 Å². The maximum atomic E-state index is 12.0. The number of hydrogen-bond donors (Lipinski definition) is 2. The van der Waals surface area contributed by atoms with Crippen molar-refractivity contribution in [3.05, 3.63) is 24.3 Å². The molecule has 2 rings (SSSR count). The SMILES string of the molecule is CC1CC(Nc2ccc(S(=O)(=O)N(C)C)cc2)CCN1. The Kier molecular flexibility index (Phi) is 4.67. The Morgan fingerprint density at radius 3 is 2.45 bits per heavy atom. The molecule has 20 heavy (non-hydrogen) atoms. The smallest absolute Gasteiger partial charge is 0.242 e. The number of hydrogen-bond acceptors (Lipinski definition) is 4. The van der Waals surface area contributed by atoms with Gasteiger partial charge < -0.3 is 10.6 Å². The summed E-state index contributed by atoms with van der Waals surface area (Å²) in [5.74, 6) is 0. The second-order valence-corrected chi connectivity index (χ2v) is 7.68. The molecule has 5 nitrogen and oxygen atoms in total. The van der Waals surface area contributed by atoms with E-state index in [-0.39, 0.29) is 0 Å². The third-order valence-corrected chi connectivity index (χ3v) is 5.46. The van der Waals surface area contributed by atoms with Gasteiger partial charge in [0.05, 0.1) is 4.90 Å². The summed E-state index contributed by atoms with van der Waals surface area (Å²) in [5.41, 5.74) is 0.974. The van der Waals surface area contributed by atoms with Crippen molar-refractivity contribution < 1.29 is 8.42 Å². The van der Waals surface area contributed by atoms with Crippen molar-refractivity contribution in [3.63, 3.8) is 0 Å². The van der Waals surface area contributed by atoms with Crippen LogP contribution >= 0.6 is 0 Å². The van der Waals surface area contributed by atoms with Gasteiger partial charge in [-0.1, -0.05) is 0 Å². The first-order valence-electron chi connectivity index (χ1n) is 6.92. The summed E-state index contributed by atoms with van der Waals surface area (Å²) < 4.78 is 25.2. The molecular formula is C14H23N3O2S. The molecule has 0 saturated carbocycles. The summed E-state index contributed by atoms with van der Waals surface area (Å²) in [4.78, 5) is 0.326. The van der Waals surface area contributed by atoms with E-state index in [0.29, 0.717) is 17.0 Å². The fourth-order valence-electron chi connectivity index (χ4n) is 2.43. The summed E-state index contributed by atoms with van der Waals surface area (Å²) in [6.07, 6.45) is 2.17. The van der Waals surface area contributed by atoms with E-state index in [0.717, 1.165) is 25.1 Å². The summed E-state index contributed by atoms with van der Waals surface area (Å²) in [7, 11) is -0.261. The van der Waals surface area contributed by atoms with Gasteiger partial charge >= 0.3 is 0 Å². The van der Waals surface area contributed by atoms with Crippen LogP contribution in [-0.2, 0) is 10.0 Å². The normalized spacial score (nSPS) is 23.8. The standard InChI is InChI=1S/C14H23N3O2S/c1-11-10-13(8-9-15-11)16-12-4-6-14(7-5-12)20(18,19)17(2)3/h4-7,11,13,15-16H,8-10H2,1-3H3. The highest BCUT2D eigenvalue weighted by molar-refractivity contribution is 7.89. The first kappa shape index (κ1) is 15.3. The van der Waals surface area contributed by atoms with Gasteiger partial charge in [-0.05, 0) is 50.6 Å². The first-order valence-corrected chi connectivity index (χ1v) is 8.36. The van der Waals surface area contributed by atoms with Crippen molar-refractivity contribution in [2.75, 3.05) is 26.0 Å². The highest BCUT2D eigenvalue weighted by atomic mass is 32.2. The van der Waals surface area contributed by atoms with Crippen LogP contribution in [0.25, 0.3) is 0 Å². The Bertz CT molecular complexity index is 540. The Balaban J connectivity index is 2.05. The number of nitrogens with one attached hydrogen (secondary N) is 2. The molecule has 1 aliphatic rings. The summed E-state index contributed by atoms with van der Waals surface area (Å²) >= 11 is 0. The third-order valence-electron chi connectivity index (χ3n) is 3.63. The van der Waals surface area contributed by atoms with E-state index in [1.807, 2.05) is 12.1 Å². The predicted molar refractivity (Wildman–Crippen MR) is 81.4 cm³/mol. The molecule has 1 aromatic carbocycles. The average Bonchev–Trinajstić information content (AvgIpc) is 2.39. The minimum Gasteiger partial charge on any atom is -0.382 e. The highest BCUT2D eigenvalue weighted by Crippen LogP contribution is 2.19. The van der Waals surface area contributed by atoms with E-state index in [1.165, 1.54) is 18.4 Å². The zero-order chi connectivity index (χ0) is 14.8. The topological polar surface area (TPSA) is 61.4 Å². The van der Waals surface area contributed by atoms with Crippen LogP contribution in [0.5, 0.6) is 0 Å². The average molecular weight is 297 g/mol. The van der Waals surface area contributed by atoms with Crippen molar-refractivity contribution >= 4 is 15.7 Å². The molecule has 0 amide bonds. The molecule has 0 radical (unpaired) electrons. The van der Waals surface area contributed by atoms with Crippen molar-refractivity contribution in [2.24, 2.45) is 0 Å². The van der Waals surface area contributed by atoms with E-state index in [2.05, 4.69) is 17.6 Å². The molecule has 112 valence electrons. The second kappa shape index (κ2) is 6.11. The van der Waals surface area contributed by atoms with Crippen LogP contribution in [-0.4, -0.2) is 45.4 Å². The maximum Gasteiger partial charge on any atom is 0.242 e. The lowest BCUT2D eigenvalue weighted by Crippen LogP contribution is -2.41. The number of rotatable bonds is 4. The molecule has 1 fully saturated rings. The lowest BCUT2D eigenvalue weighted by Gasteiger charge is -2.29. The lowest BCUT2D eigenvalue weighted by atomic mass is 10.0. The summed E-state index contributed by atoms with van der Waals surface area (Å²) in [6, 6.07) is 7.95. The maximum absolute atomic E-state index is 12.0. The van der Waals surface area contributed by atoms with Gasteiger partial charge in [-0.15, -0.1) is 0 Å². The molecule has 6 heteroatoms. The quantitative estimate of drug-likeness (QED) is 0.884. The summed E-state index contributed by atoms with van der Waals surface area (Å²) in [5, 5.41) is 6.89. The van der Waals surface area contributed by atoms with Crippen LogP contribution in [0.1, 0.15) is 19.8 Å². The Hall–Kier alpha value is -1.11. The van der Waals surface area contributed by atoms with Gasteiger partial charge in [0, 0.05) is 31.9 Å². The molecular weight excluding hydrogens is 274 g/mol. The highest BCUT2D eigenvalue weighted by Gasteiger charge is 2.19. The van der Waals surface area contributed by atoms with Gasteiger partial charge in [-0.2, -0.15) is 0 Å². The van der Waals surface area contributed by atoms with Gasteiger partial charge in [0.25, 0.3) is 0 Å². The van der Waals surface area contributed by atoms with Gasteiger partial charge in [0.1, 0.15) is 0 Å². The number of nitrogens with zero attached hydrogens (tertiary/aromatic N) is 1. The fourth-order valence-corrected chi connectivity index (χ4v) is 3.33. The predicted octanol–water partition coefficient (Wildman–Crippen LogP) is 1.49. The Labute approximate surface area is 121 Å². The van der Waals surface area contributed by atoms with Gasteiger partial charge in [-0.3, -0.25) is 0 Å². The fraction of sp³-hybridized carbons (Fsp3) is 0.571. The number of piperidine rings is 1. The van der Waals surface area contributed by atoms with Crippen LogP contribution in [0.4, 0.5) is 5.69 Å². The third kappa shape index (κ3) is 3.50. The molecule has 1 aliphatic heterocycles. The molecule has 2 N–H and O–H groups in total. The molecule has 1 heterocycles. The van der Waals surface area contributed by atoms with E-state index >= 15 is 0 Å². The van der Waals surface area contributed by atoms with Crippen molar-refractivity contribution in [2.45, 2.75) is 36.7 Å². The van der Waals surface area contributed by atoms with Crippen LogP contribution in [0.15, 0.2) is 29.2 Å². The minimum atomic E-state index is -3.34. The second-order valence-electron chi connectivity index (χ2n) is 5.53. The Morgan fingerprint density at radius 1 is 1.25 bits per heavy atom. The van der Waals surface area contributed by atoms with Crippen LogP contribution in [0.3, 0.4) is 0 Å². The van der Waals surface area contributed by atoms with Crippen molar-refractivity contribution in [1.82, 2.24) is 9.62 Å². The molecule has 1 saturated heterocycles. The number of sulfonamides is 1. The first-order chi connectivity index (χ1) is 9.39. The molecule has 0 bridgehead atoms. The van der Waals surface area contributed by atoms with Crippen LogP contribution in [0.2, 0.25) is 0 Å². The largest absolute Gasteiger partial charge is 0.382 e. The van der Waals surface area contributed by atoms with Crippen LogP contribution in [0, 0.1) is 0 Å². The van der Waals surface area contributed by atoms with Gasteiger partial charge in [-0.25, -0.2) is 12.7 Å². The monoisotopic (exact) mass is 297 g/mol. The van der Waals surface area contributed by atoms with Gasteiger partial charge in [0.15, 0.2) is 0 Å². The van der Waals surface area contributed by atoms with Crippen molar-refractivity contribution in [1.29, 1.82) is 0 Å². The van der Waals surface area contributed by atoms with E-state index < -0.39 is 10.0 Å². The van der Waals surface area contributed by atoms with Crippen molar-refractivity contribution in [3.8, 4) is 0 Å². The number of anilines is 1. The van der Waals surface area contributed by atoms with Crippen LogP contribution < -0.4 is 10.6 Å². The number of benzene rings is 1. The molecule has 1 aromatic rings. The summed E-state index contributed by atoms with van der Waals surface area (Å²) in [6.45, 7) is 3.20. The van der Waals surface area contributed by atoms with Gasteiger partial charge in [0.2, 0.25) is 10.0 Å². The molecule has 0 aliphatic carbocycles. The minimum absolute atomic E-state index is 0.326.